The van der Waals surface area contributed by atoms with Crippen LogP contribution >= 0.6 is 0 Å². The lowest BCUT2D eigenvalue weighted by Crippen LogP contribution is -2.29. The van der Waals surface area contributed by atoms with Crippen molar-refractivity contribution in [3.63, 3.8) is 0 Å². The first-order valence-corrected chi connectivity index (χ1v) is 7.82. The summed E-state index contributed by atoms with van der Waals surface area (Å²) in [5.74, 6) is 0.538. The molecular weight excluding hydrogens is 256 g/mol. The van der Waals surface area contributed by atoms with Crippen molar-refractivity contribution in [1.82, 2.24) is 5.32 Å². The van der Waals surface area contributed by atoms with Crippen LogP contribution in [-0.4, -0.2) is 0 Å². The smallest absolute Gasteiger partial charge is 0.0348 e. The second kappa shape index (κ2) is 6.00. The van der Waals surface area contributed by atoms with Gasteiger partial charge in [-0.1, -0.05) is 68.4 Å². The zero-order valence-electron chi connectivity index (χ0n) is 12.8. The van der Waals surface area contributed by atoms with E-state index in [2.05, 4.69) is 73.8 Å². The summed E-state index contributed by atoms with van der Waals surface area (Å²) in [6, 6.07) is 20.1. The maximum Gasteiger partial charge on any atom is 0.0348 e. The summed E-state index contributed by atoms with van der Waals surface area (Å²) < 4.78 is 0. The van der Waals surface area contributed by atoms with E-state index >= 15 is 0 Å². The molecule has 0 heterocycles. The van der Waals surface area contributed by atoms with E-state index in [0.29, 0.717) is 18.0 Å². The monoisotopic (exact) mass is 280 g/mol. The Kier molecular flexibility index (Phi) is 4.09. The van der Waals surface area contributed by atoms with Crippen molar-refractivity contribution in [2.75, 3.05) is 0 Å². The van der Waals surface area contributed by atoms with E-state index in [1.54, 1.807) is 0 Å². The van der Waals surface area contributed by atoms with Crippen molar-refractivity contribution < 1.29 is 0 Å². The SMILES string of the molecule is CC(C)C(NC1CC(N)c2ccccc21)c1ccccc1. The highest BCUT2D eigenvalue weighted by molar-refractivity contribution is 5.37. The van der Waals surface area contributed by atoms with Crippen LogP contribution < -0.4 is 11.1 Å². The Hall–Kier alpha value is -1.64. The molecule has 0 spiro atoms. The van der Waals surface area contributed by atoms with Crippen LogP contribution in [0, 0.1) is 5.92 Å². The van der Waals surface area contributed by atoms with Crippen LogP contribution in [0.5, 0.6) is 0 Å². The minimum Gasteiger partial charge on any atom is -0.324 e. The standard InChI is InChI=1S/C19H24N2/c1-13(2)19(14-8-4-3-5-9-14)21-18-12-17(20)15-10-6-7-11-16(15)18/h3-11,13,17-19,21H,12,20H2,1-2H3. The first-order valence-electron chi connectivity index (χ1n) is 7.82. The van der Waals surface area contributed by atoms with Crippen LogP contribution in [0.25, 0.3) is 0 Å². The maximum absolute atomic E-state index is 6.29. The lowest BCUT2D eigenvalue weighted by Gasteiger charge is -2.27. The van der Waals surface area contributed by atoms with Crippen LogP contribution in [0.15, 0.2) is 54.6 Å². The van der Waals surface area contributed by atoms with Crippen molar-refractivity contribution in [3.8, 4) is 0 Å². The molecule has 110 valence electrons. The third-order valence-electron chi connectivity index (χ3n) is 4.47. The Labute approximate surface area is 127 Å². The van der Waals surface area contributed by atoms with E-state index in [9.17, 15) is 0 Å². The molecule has 3 N–H and O–H groups in total. The molecular formula is C19H24N2. The molecule has 0 saturated heterocycles. The summed E-state index contributed by atoms with van der Waals surface area (Å²) in [6.45, 7) is 4.54. The quantitative estimate of drug-likeness (QED) is 0.884. The van der Waals surface area contributed by atoms with Crippen LogP contribution in [0.4, 0.5) is 0 Å². The van der Waals surface area contributed by atoms with Gasteiger partial charge in [0.2, 0.25) is 0 Å². The Balaban J connectivity index is 1.85. The van der Waals surface area contributed by atoms with Gasteiger partial charge in [-0.2, -0.15) is 0 Å². The highest BCUT2D eigenvalue weighted by Gasteiger charge is 2.30. The highest BCUT2D eigenvalue weighted by atomic mass is 15.0. The summed E-state index contributed by atoms with van der Waals surface area (Å²) in [6.07, 6.45) is 0.982. The predicted molar refractivity (Wildman–Crippen MR) is 87.9 cm³/mol. The lowest BCUT2D eigenvalue weighted by atomic mass is 9.94. The first kappa shape index (κ1) is 14.3. The molecule has 3 unspecified atom stereocenters. The fourth-order valence-electron chi connectivity index (χ4n) is 3.38. The number of hydrogen-bond acceptors (Lipinski definition) is 2. The zero-order valence-corrected chi connectivity index (χ0v) is 12.8. The average Bonchev–Trinajstić information content (AvgIpc) is 2.82. The second-order valence-electron chi connectivity index (χ2n) is 6.32. The van der Waals surface area contributed by atoms with Gasteiger partial charge in [-0.25, -0.2) is 0 Å². The number of rotatable bonds is 4. The Morgan fingerprint density at radius 2 is 1.57 bits per heavy atom. The topological polar surface area (TPSA) is 38.0 Å². The fourth-order valence-corrected chi connectivity index (χ4v) is 3.38. The predicted octanol–water partition coefficient (Wildman–Crippen LogP) is 4.12. The van der Waals surface area contributed by atoms with Crippen LogP contribution in [0.1, 0.15) is 55.1 Å². The van der Waals surface area contributed by atoms with Gasteiger partial charge in [-0.3, -0.25) is 0 Å². The Morgan fingerprint density at radius 3 is 2.24 bits per heavy atom. The van der Waals surface area contributed by atoms with E-state index in [-0.39, 0.29) is 6.04 Å². The number of benzene rings is 2. The van der Waals surface area contributed by atoms with Gasteiger partial charge in [-0.15, -0.1) is 0 Å². The van der Waals surface area contributed by atoms with Gasteiger partial charge in [0, 0.05) is 18.1 Å². The summed E-state index contributed by atoms with van der Waals surface area (Å²) in [7, 11) is 0. The number of fused-ring (bicyclic) bond motifs is 1. The molecule has 3 rings (SSSR count). The molecule has 21 heavy (non-hydrogen) atoms. The third-order valence-corrected chi connectivity index (χ3v) is 4.47. The summed E-state index contributed by atoms with van der Waals surface area (Å²) >= 11 is 0. The van der Waals surface area contributed by atoms with E-state index in [0.717, 1.165) is 6.42 Å². The van der Waals surface area contributed by atoms with Gasteiger partial charge in [-0.05, 0) is 29.0 Å². The normalized spacial score (nSPS) is 22.3. The minimum absolute atomic E-state index is 0.155. The van der Waals surface area contributed by atoms with Gasteiger partial charge in [0.1, 0.15) is 0 Å². The van der Waals surface area contributed by atoms with Gasteiger partial charge in [0.25, 0.3) is 0 Å². The van der Waals surface area contributed by atoms with E-state index in [4.69, 9.17) is 5.73 Å². The van der Waals surface area contributed by atoms with Crippen LogP contribution in [-0.2, 0) is 0 Å². The molecule has 2 aromatic rings. The molecule has 0 fully saturated rings. The Bertz CT molecular complexity index is 592. The summed E-state index contributed by atoms with van der Waals surface area (Å²) in [5, 5.41) is 3.84. The largest absolute Gasteiger partial charge is 0.324 e. The fraction of sp³-hybridized carbons (Fsp3) is 0.368. The van der Waals surface area contributed by atoms with Crippen molar-refractivity contribution in [3.05, 3.63) is 71.3 Å². The number of hydrogen-bond donors (Lipinski definition) is 2. The van der Waals surface area contributed by atoms with Crippen LogP contribution in [0.2, 0.25) is 0 Å². The molecule has 0 bridgehead atoms. The molecule has 1 aliphatic carbocycles. The van der Waals surface area contributed by atoms with E-state index in [1.807, 2.05) is 0 Å². The molecule has 0 aromatic heterocycles. The number of nitrogens with two attached hydrogens (primary N) is 1. The molecule has 2 aromatic carbocycles. The van der Waals surface area contributed by atoms with Gasteiger partial charge >= 0.3 is 0 Å². The minimum atomic E-state index is 0.155. The molecule has 2 heteroatoms. The summed E-state index contributed by atoms with van der Waals surface area (Å²) in [5.41, 5.74) is 10.3. The van der Waals surface area contributed by atoms with E-state index < -0.39 is 0 Å². The van der Waals surface area contributed by atoms with Crippen LogP contribution in [0.3, 0.4) is 0 Å². The molecule has 0 radical (unpaired) electrons. The van der Waals surface area contributed by atoms with Crippen molar-refractivity contribution >= 4 is 0 Å². The molecule has 0 saturated carbocycles. The highest BCUT2D eigenvalue weighted by Crippen LogP contribution is 2.39. The van der Waals surface area contributed by atoms with Crippen molar-refractivity contribution in [1.29, 1.82) is 0 Å². The molecule has 2 nitrogen and oxygen atoms in total. The number of nitrogens with one attached hydrogen (secondary N) is 1. The van der Waals surface area contributed by atoms with Crippen molar-refractivity contribution in [2.45, 2.75) is 38.4 Å². The van der Waals surface area contributed by atoms with E-state index in [1.165, 1.54) is 16.7 Å². The van der Waals surface area contributed by atoms with Gasteiger partial charge < -0.3 is 11.1 Å². The van der Waals surface area contributed by atoms with Gasteiger partial charge in [0.05, 0.1) is 0 Å². The lowest BCUT2D eigenvalue weighted by molar-refractivity contribution is 0.354. The average molecular weight is 280 g/mol. The molecule has 0 amide bonds. The maximum atomic E-state index is 6.29. The molecule has 0 aliphatic heterocycles. The van der Waals surface area contributed by atoms with Gasteiger partial charge in [0.15, 0.2) is 0 Å². The summed E-state index contributed by atoms with van der Waals surface area (Å²) in [4.78, 5) is 0. The zero-order chi connectivity index (χ0) is 14.8. The molecule has 3 atom stereocenters. The van der Waals surface area contributed by atoms with Crippen molar-refractivity contribution in [2.24, 2.45) is 11.7 Å². The Morgan fingerprint density at radius 1 is 0.952 bits per heavy atom. The third kappa shape index (κ3) is 2.87. The second-order valence-corrected chi connectivity index (χ2v) is 6.32. The first-order chi connectivity index (χ1) is 10.2. The molecule has 1 aliphatic rings.